The second-order valence-corrected chi connectivity index (χ2v) is 3.78. The van der Waals surface area contributed by atoms with Crippen molar-refractivity contribution in [3.8, 4) is 0 Å². The maximum atomic E-state index is 3.41. The van der Waals surface area contributed by atoms with Crippen LogP contribution in [0, 0.1) is 6.08 Å². The van der Waals surface area contributed by atoms with Crippen LogP contribution in [0.5, 0.6) is 0 Å². The zero-order valence-corrected chi connectivity index (χ0v) is 8.35. The van der Waals surface area contributed by atoms with E-state index in [4.69, 9.17) is 0 Å². The zero-order chi connectivity index (χ0) is 10.1. The minimum absolute atomic E-state index is 0.322. The molecule has 0 saturated heterocycles. The molecule has 0 amide bonds. The Morgan fingerprint density at radius 3 is 2.40 bits per heavy atom. The first-order chi connectivity index (χ1) is 7.45. The average molecular weight is 191 g/mol. The van der Waals surface area contributed by atoms with Crippen molar-refractivity contribution < 1.29 is 0 Å². The fraction of sp³-hybridized carbons (Fsp3) is 0.0667. The molecule has 0 heteroatoms. The lowest BCUT2D eigenvalue weighted by molar-refractivity contribution is 1.02. The van der Waals surface area contributed by atoms with Gasteiger partial charge in [-0.25, -0.2) is 0 Å². The van der Waals surface area contributed by atoms with Crippen LogP contribution in [0.2, 0.25) is 0 Å². The monoisotopic (exact) mass is 191 g/mol. The number of hydrogen-bond donors (Lipinski definition) is 0. The van der Waals surface area contributed by atoms with Crippen LogP contribution in [0.4, 0.5) is 0 Å². The maximum Gasteiger partial charge on any atom is 0.0349 e. The lowest BCUT2D eigenvalue weighted by atomic mass is 9.93. The molecule has 0 aromatic heterocycles. The quantitative estimate of drug-likeness (QED) is 0.645. The molecule has 0 heterocycles. The van der Waals surface area contributed by atoms with Gasteiger partial charge in [0.15, 0.2) is 0 Å². The van der Waals surface area contributed by atoms with Gasteiger partial charge in [-0.15, -0.1) is 0 Å². The summed E-state index contributed by atoms with van der Waals surface area (Å²) in [4.78, 5) is 0. The number of rotatable bonds is 1. The van der Waals surface area contributed by atoms with Crippen LogP contribution in [0.1, 0.15) is 22.6 Å². The van der Waals surface area contributed by atoms with Crippen molar-refractivity contribution >= 4 is 6.08 Å². The van der Waals surface area contributed by atoms with Gasteiger partial charge in [0.05, 0.1) is 0 Å². The predicted octanol–water partition coefficient (Wildman–Crippen LogP) is 3.65. The van der Waals surface area contributed by atoms with Gasteiger partial charge in [0.2, 0.25) is 0 Å². The van der Waals surface area contributed by atoms with Crippen LogP contribution < -0.4 is 0 Å². The molecule has 3 rings (SSSR count). The molecule has 71 valence electrons. The van der Waals surface area contributed by atoms with Gasteiger partial charge >= 0.3 is 0 Å². The molecular weight excluding hydrogens is 180 g/mol. The van der Waals surface area contributed by atoms with E-state index in [-0.39, 0.29) is 0 Å². The molecule has 1 aliphatic rings. The molecule has 15 heavy (non-hydrogen) atoms. The van der Waals surface area contributed by atoms with Gasteiger partial charge in [-0.3, -0.25) is 0 Å². The highest BCUT2D eigenvalue weighted by Gasteiger charge is 2.18. The fourth-order valence-electron chi connectivity index (χ4n) is 2.09. The summed E-state index contributed by atoms with van der Waals surface area (Å²) >= 11 is 0. The van der Waals surface area contributed by atoms with E-state index in [2.05, 4.69) is 60.7 Å². The molecule has 0 N–H and O–H groups in total. The molecule has 0 fully saturated rings. The van der Waals surface area contributed by atoms with Gasteiger partial charge in [0.1, 0.15) is 0 Å². The Morgan fingerprint density at radius 2 is 1.53 bits per heavy atom. The Labute approximate surface area is 89.9 Å². The topological polar surface area (TPSA) is 0 Å². The number of allylic oxidation sites excluding steroid dienone is 1. The molecule has 0 nitrogen and oxygen atoms in total. The van der Waals surface area contributed by atoms with Crippen molar-refractivity contribution in [2.45, 2.75) is 5.92 Å². The highest BCUT2D eigenvalue weighted by atomic mass is 14.2. The van der Waals surface area contributed by atoms with Crippen LogP contribution in [0.25, 0.3) is 6.08 Å². The molecule has 2 aromatic carbocycles. The number of fused-ring (bicyclic) bond motifs is 1. The summed E-state index contributed by atoms with van der Waals surface area (Å²) in [5, 5.41) is 0. The van der Waals surface area contributed by atoms with E-state index in [9.17, 15) is 0 Å². The predicted molar refractivity (Wildman–Crippen MR) is 62.4 cm³/mol. The minimum Gasteiger partial charge on any atom is -0.0622 e. The Balaban J connectivity index is 2.09. The largest absolute Gasteiger partial charge is 0.0622 e. The molecule has 1 radical (unpaired) electrons. The van der Waals surface area contributed by atoms with Gasteiger partial charge in [0.25, 0.3) is 0 Å². The molecule has 0 spiro atoms. The first-order valence-corrected chi connectivity index (χ1v) is 5.18. The highest BCUT2D eigenvalue weighted by Crippen LogP contribution is 2.33. The Morgan fingerprint density at radius 1 is 0.800 bits per heavy atom. The molecule has 1 atom stereocenters. The normalized spacial score (nSPS) is 17.7. The van der Waals surface area contributed by atoms with E-state index in [1.165, 1.54) is 16.7 Å². The van der Waals surface area contributed by atoms with Crippen LogP contribution in [0.3, 0.4) is 0 Å². The lowest BCUT2D eigenvalue weighted by Crippen LogP contribution is -1.95. The molecule has 1 unspecified atom stereocenters. The van der Waals surface area contributed by atoms with Crippen molar-refractivity contribution in [1.29, 1.82) is 0 Å². The second-order valence-electron chi connectivity index (χ2n) is 3.78. The van der Waals surface area contributed by atoms with Crippen LogP contribution in [-0.4, -0.2) is 0 Å². The van der Waals surface area contributed by atoms with Gasteiger partial charge in [-0.2, -0.15) is 0 Å². The third-order valence-corrected chi connectivity index (χ3v) is 2.85. The molecule has 0 bridgehead atoms. The summed E-state index contributed by atoms with van der Waals surface area (Å²) in [6.07, 6.45) is 5.50. The molecular formula is C15H11. The van der Waals surface area contributed by atoms with E-state index in [0.29, 0.717) is 5.92 Å². The van der Waals surface area contributed by atoms with Crippen molar-refractivity contribution in [2.24, 2.45) is 0 Å². The van der Waals surface area contributed by atoms with Gasteiger partial charge in [-0.1, -0.05) is 60.7 Å². The van der Waals surface area contributed by atoms with Crippen molar-refractivity contribution in [3.63, 3.8) is 0 Å². The summed E-state index contributed by atoms with van der Waals surface area (Å²) in [7, 11) is 0. The number of hydrogen-bond acceptors (Lipinski definition) is 0. The fourth-order valence-corrected chi connectivity index (χ4v) is 2.09. The standard InChI is InChI=1S/C15H11/c1-2-6-12(7-3-1)15-11-10-13-8-4-5-9-14(13)15/h1-10,15H. The van der Waals surface area contributed by atoms with E-state index < -0.39 is 0 Å². The van der Waals surface area contributed by atoms with E-state index >= 15 is 0 Å². The molecule has 0 aliphatic heterocycles. The average Bonchev–Trinajstić information content (AvgIpc) is 2.74. The Kier molecular flexibility index (Phi) is 1.92. The zero-order valence-electron chi connectivity index (χ0n) is 8.35. The van der Waals surface area contributed by atoms with E-state index in [1.807, 2.05) is 6.07 Å². The molecule has 0 saturated carbocycles. The minimum atomic E-state index is 0.322. The Bertz CT molecular complexity index is 494. The third-order valence-electron chi connectivity index (χ3n) is 2.85. The summed E-state index contributed by atoms with van der Waals surface area (Å²) in [5.74, 6) is 0.322. The van der Waals surface area contributed by atoms with Crippen LogP contribution in [-0.2, 0) is 0 Å². The van der Waals surface area contributed by atoms with E-state index in [1.54, 1.807) is 0 Å². The number of benzene rings is 2. The summed E-state index contributed by atoms with van der Waals surface area (Å²) in [6.45, 7) is 0. The van der Waals surface area contributed by atoms with Gasteiger partial charge < -0.3 is 0 Å². The highest BCUT2D eigenvalue weighted by molar-refractivity contribution is 5.62. The van der Waals surface area contributed by atoms with Crippen molar-refractivity contribution in [2.75, 3.05) is 0 Å². The maximum absolute atomic E-state index is 3.41. The van der Waals surface area contributed by atoms with Gasteiger partial charge in [-0.05, 0) is 22.8 Å². The van der Waals surface area contributed by atoms with Crippen molar-refractivity contribution in [1.82, 2.24) is 0 Å². The molecule has 1 aliphatic carbocycles. The molecule has 2 aromatic rings. The SMILES string of the molecule is [C]1=Cc2ccccc2C1c1ccccc1. The third kappa shape index (κ3) is 1.39. The van der Waals surface area contributed by atoms with Crippen LogP contribution >= 0.6 is 0 Å². The summed E-state index contributed by atoms with van der Waals surface area (Å²) < 4.78 is 0. The van der Waals surface area contributed by atoms with Crippen LogP contribution in [0.15, 0.2) is 54.6 Å². The summed E-state index contributed by atoms with van der Waals surface area (Å²) in [6, 6.07) is 19.0. The first kappa shape index (κ1) is 8.49. The first-order valence-electron chi connectivity index (χ1n) is 5.18. The second kappa shape index (κ2) is 3.39. The summed E-state index contributed by atoms with van der Waals surface area (Å²) in [5.41, 5.74) is 3.98. The van der Waals surface area contributed by atoms with Crippen molar-refractivity contribution in [3.05, 3.63) is 77.4 Å². The van der Waals surface area contributed by atoms with Gasteiger partial charge in [0, 0.05) is 5.92 Å². The lowest BCUT2D eigenvalue weighted by Gasteiger charge is -2.10. The van der Waals surface area contributed by atoms with E-state index in [0.717, 1.165) is 0 Å². The smallest absolute Gasteiger partial charge is 0.0349 e. The Hall–Kier alpha value is -1.82.